The van der Waals surface area contributed by atoms with Gasteiger partial charge in [0.2, 0.25) is 0 Å². The van der Waals surface area contributed by atoms with Gasteiger partial charge in [-0.05, 0) is 112 Å². The van der Waals surface area contributed by atoms with Crippen LogP contribution in [0.25, 0.3) is 16.5 Å². The van der Waals surface area contributed by atoms with Crippen LogP contribution in [0.2, 0.25) is 0 Å². The molecule has 0 saturated carbocycles. The van der Waals surface area contributed by atoms with Crippen LogP contribution >= 0.6 is 11.3 Å². The first-order valence-electron chi connectivity index (χ1n) is 12.9. The number of rotatable bonds is 9. The number of pyridine rings is 1. The molecule has 0 atom stereocenters. The largest absolute Gasteiger partial charge is 0.385 e. The maximum Gasteiger partial charge on any atom is 0.333 e. The lowest BCUT2D eigenvalue weighted by molar-refractivity contribution is 0.256. The predicted octanol–water partition coefficient (Wildman–Crippen LogP) is 4.77. The average molecular weight is 566 g/mol. The number of hydrogen-bond acceptors (Lipinski definition) is 7. The highest BCUT2D eigenvalue weighted by molar-refractivity contribution is 7.92. The van der Waals surface area contributed by atoms with Crippen LogP contribution in [0.1, 0.15) is 24.1 Å². The molecule has 0 unspecified atom stereocenters. The molecule has 4 aromatic rings. The number of anilines is 2. The summed E-state index contributed by atoms with van der Waals surface area (Å²) < 4.78 is 28.3. The Morgan fingerprint density at radius 3 is 2.44 bits per heavy atom. The number of benzene rings is 2. The van der Waals surface area contributed by atoms with Gasteiger partial charge in [-0.15, -0.1) is 11.3 Å². The lowest BCUT2D eigenvalue weighted by Crippen LogP contribution is -2.33. The summed E-state index contributed by atoms with van der Waals surface area (Å²) >= 11 is 1.09. The molecule has 2 amide bonds. The van der Waals surface area contributed by atoms with Gasteiger partial charge in [-0.3, -0.25) is 9.36 Å². The van der Waals surface area contributed by atoms with Gasteiger partial charge >= 0.3 is 6.03 Å². The van der Waals surface area contributed by atoms with Gasteiger partial charge in [0.05, 0.1) is 0 Å². The number of sulfonamides is 1. The molecule has 2 aromatic heterocycles. The van der Waals surface area contributed by atoms with E-state index in [-0.39, 0.29) is 9.77 Å². The highest BCUT2D eigenvalue weighted by atomic mass is 32.2. The first-order chi connectivity index (χ1) is 18.8. The van der Waals surface area contributed by atoms with E-state index in [0.717, 1.165) is 46.8 Å². The molecule has 1 fully saturated rings. The van der Waals surface area contributed by atoms with E-state index in [9.17, 15) is 18.0 Å². The van der Waals surface area contributed by atoms with E-state index in [1.165, 1.54) is 32.0 Å². The number of carbonyl (C=O) groups excluding carboxylic acids is 1. The van der Waals surface area contributed by atoms with E-state index in [0.29, 0.717) is 16.8 Å². The van der Waals surface area contributed by atoms with Crippen LogP contribution in [-0.2, 0) is 10.0 Å². The summed E-state index contributed by atoms with van der Waals surface area (Å²) in [5, 5.41) is 7.45. The molecule has 0 bridgehead atoms. The van der Waals surface area contributed by atoms with Crippen molar-refractivity contribution in [2.75, 3.05) is 36.8 Å². The summed E-state index contributed by atoms with van der Waals surface area (Å²) in [5.74, 6) is 0. The molecule has 5 rings (SSSR count). The molecule has 0 radical (unpaired) electrons. The lowest BCUT2D eigenvalue weighted by Gasteiger charge is -2.15. The molecule has 9 nitrogen and oxygen atoms in total. The third-order valence-corrected chi connectivity index (χ3v) is 9.52. The normalized spacial score (nSPS) is 14.0. The fourth-order valence-corrected chi connectivity index (χ4v) is 6.88. The van der Waals surface area contributed by atoms with Gasteiger partial charge in [0.15, 0.2) is 0 Å². The Morgan fingerprint density at radius 1 is 0.974 bits per heavy atom. The van der Waals surface area contributed by atoms with Crippen molar-refractivity contribution in [1.29, 1.82) is 0 Å². The Labute approximate surface area is 231 Å². The van der Waals surface area contributed by atoms with Crippen molar-refractivity contribution in [3.8, 4) is 5.69 Å². The van der Waals surface area contributed by atoms with Gasteiger partial charge in [0.1, 0.15) is 4.21 Å². The molecular weight excluding hydrogens is 534 g/mol. The second-order valence-corrected chi connectivity index (χ2v) is 12.8. The molecule has 11 heteroatoms. The van der Waals surface area contributed by atoms with Crippen molar-refractivity contribution in [2.24, 2.45) is 0 Å². The summed E-state index contributed by atoms with van der Waals surface area (Å²) in [4.78, 5) is 28.8. The maximum absolute atomic E-state index is 13.2. The zero-order chi connectivity index (χ0) is 27.4. The monoisotopic (exact) mass is 565 g/mol. The van der Waals surface area contributed by atoms with Crippen LogP contribution < -0.4 is 20.9 Å². The van der Waals surface area contributed by atoms with Crippen molar-refractivity contribution < 1.29 is 13.2 Å². The standard InChI is InChI=1S/C28H31N5O4S2/c1-20-5-12-26(38-20)39(36,37)31-28(35)30-22-6-9-24(10-7-22)33-18-13-21-19-23(8-11-25(21)27(33)34)29-14-4-17-32-15-2-3-16-32/h5-13,18-19,29H,2-4,14-17H2,1H3,(H2,30,31,35). The minimum absolute atomic E-state index is 0.0709. The van der Waals surface area contributed by atoms with Gasteiger partial charge in [0, 0.05) is 40.1 Å². The topological polar surface area (TPSA) is 113 Å². The Morgan fingerprint density at radius 2 is 1.72 bits per heavy atom. The average Bonchev–Trinajstić information content (AvgIpc) is 3.59. The van der Waals surface area contributed by atoms with Crippen molar-refractivity contribution in [1.82, 2.24) is 14.2 Å². The quantitative estimate of drug-likeness (QED) is 0.252. The van der Waals surface area contributed by atoms with Gasteiger partial charge in [-0.1, -0.05) is 0 Å². The first kappa shape index (κ1) is 26.9. The SMILES string of the molecule is Cc1ccc(S(=O)(=O)NC(=O)Nc2ccc(-n3ccc4cc(NCCCN5CCCC5)ccc4c3=O)cc2)s1. The number of nitrogens with one attached hydrogen (secondary N) is 3. The van der Waals surface area contributed by atoms with Crippen LogP contribution in [-0.4, -0.2) is 50.1 Å². The summed E-state index contributed by atoms with van der Waals surface area (Å²) in [6, 6.07) is 16.6. The summed E-state index contributed by atoms with van der Waals surface area (Å²) in [5.41, 5.74) is 1.86. The zero-order valence-electron chi connectivity index (χ0n) is 21.6. The summed E-state index contributed by atoms with van der Waals surface area (Å²) in [6.07, 6.45) is 5.41. The number of aromatic nitrogens is 1. The lowest BCUT2D eigenvalue weighted by atomic mass is 10.1. The molecule has 39 heavy (non-hydrogen) atoms. The van der Waals surface area contributed by atoms with Crippen molar-refractivity contribution in [3.05, 3.63) is 82.1 Å². The highest BCUT2D eigenvalue weighted by Gasteiger charge is 2.19. The number of amides is 2. The van der Waals surface area contributed by atoms with Crippen molar-refractivity contribution >= 4 is 49.5 Å². The molecule has 2 aromatic carbocycles. The fourth-order valence-electron chi connectivity index (χ4n) is 4.69. The van der Waals surface area contributed by atoms with E-state index >= 15 is 0 Å². The van der Waals surface area contributed by atoms with E-state index in [1.54, 1.807) is 48.0 Å². The third-order valence-electron chi connectivity index (χ3n) is 6.69. The molecular formula is C28H31N5O4S2. The van der Waals surface area contributed by atoms with Crippen LogP contribution in [0.4, 0.5) is 16.2 Å². The molecule has 3 N–H and O–H groups in total. The fraction of sp³-hybridized carbons (Fsp3) is 0.286. The Hall–Kier alpha value is -3.67. The highest BCUT2D eigenvalue weighted by Crippen LogP contribution is 2.21. The van der Waals surface area contributed by atoms with Gasteiger partial charge in [0.25, 0.3) is 15.6 Å². The number of aryl methyl sites for hydroxylation is 1. The van der Waals surface area contributed by atoms with Gasteiger partial charge < -0.3 is 15.5 Å². The smallest absolute Gasteiger partial charge is 0.333 e. The van der Waals surface area contributed by atoms with Gasteiger partial charge in [-0.2, -0.15) is 0 Å². The molecule has 1 aliphatic rings. The second kappa shape index (κ2) is 11.6. The Kier molecular flexibility index (Phi) is 8.01. The number of thiophene rings is 1. The van der Waals surface area contributed by atoms with E-state index in [1.807, 2.05) is 29.0 Å². The third kappa shape index (κ3) is 6.49. The van der Waals surface area contributed by atoms with Crippen molar-refractivity contribution in [3.63, 3.8) is 0 Å². The van der Waals surface area contributed by atoms with Gasteiger partial charge in [-0.25, -0.2) is 17.9 Å². The first-order valence-corrected chi connectivity index (χ1v) is 15.2. The molecule has 0 spiro atoms. The van der Waals surface area contributed by atoms with Crippen LogP contribution in [0.15, 0.2) is 75.9 Å². The van der Waals surface area contributed by atoms with Crippen molar-refractivity contribution in [2.45, 2.75) is 30.4 Å². The van der Waals surface area contributed by atoms with E-state index in [2.05, 4.69) is 15.5 Å². The minimum Gasteiger partial charge on any atom is -0.385 e. The van der Waals surface area contributed by atoms with Crippen LogP contribution in [0.5, 0.6) is 0 Å². The number of likely N-dealkylation sites (tertiary alicyclic amines) is 1. The maximum atomic E-state index is 13.2. The van der Waals surface area contributed by atoms with E-state index in [4.69, 9.17) is 0 Å². The second-order valence-electron chi connectivity index (χ2n) is 9.59. The summed E-state index contributed by atoms with van der Waals surface area (Å²) in [7, 11) is -3.95. The van der Waals surface area contributed by atoms with Crippen LogP contribution in [0, 0.1) is 6.92 Å². The Balaban J connectivity index is 1.21. The number of nitrogens with zero attached hydrogens (tertiary/aromatic N) is 2. The molecule has 204 valence electrons. The molecule has 3 heterocycles. The predicted molar refractivity (Wildman–Crippen MR) is 157 cm³/mol. The molecule has 1 aliphatic heterocycles. The number of carbonyl (C=O) groups is 1. The molecule has 1 saturated heterocycles. The summed E-state index contributed by atoms with van der Waals surface area (Å²) in [6.45, 7) is 6.20. The Bertz CT molecular complexity index is 1640. The number of hydrogen-bond donors (Lipinski definition) is 3. The number of urea groups is 1. The number of fused-ring (bicyclic) bond motifs is 1. The molecule has 0 aliphatic carbocycles. The zero-order valence-corrected chi connectivity index (χ0v) is 23.3. The van der Waals surface area contributed by atoms with Crippen LogP contribution in [0.3, 0.4) is 0 Å². The minimum atomic E-state index is -3.95. The van der Waals surface area contributed by atoms with E-state index < -0.39 is 16.1 Å².